The third kappa shape index (κ3) is 4.02. The molecule has 1 aromatic rings. The summed E-state index contributed by atoms with van der Waals surface area (Å²) in [4.78, 5) is 1.54. The van der Waals surface area contributed by atoms with Gasteiger partial charge in [-0.25, -0.2) is 13.1 Å². The Bertz CT molecular complexity index is 492. The first-order chi connectivity index (χ1) is 9.49. The van der Waals surface area contributed by atoms with E-state index >= 15 is 0 Å². The summed E-state index contributed by atoms with van der Waals surface area (Å²) in [6.45, 7) is 4.49. The average molecular weight is 300 g/mol. The minimum absolute atomic E-state index is 0.172. The van der Waals surface area contributed by atoms with Gasteiger partial charge in [-0.3, -0.25) is 0 Å². The number of sulfonamides is 1. The summed E-state index contributed by atoms with van der Waals surface area (Å²) in [5.41, 5.74) is 0. The molecule has 1 unspecified atom stereocenters. The van der Waals surface area contributed by atoms with E-state index in [0.29, 0.717) is 6.54 Å². The molecule has 0 aromatic carbocycles. The predicted molar refractivity (Wildman–Crippen MR) is 77.6 cm³/mol. The molecule has 0 bridgehead atoms. The maximum Gasteiger partial charge on any atom is 0.214 e. The summed E-state index contributed by atoms with van der Waals surface area (Å²) in [6.07, 6.45) is 7.94. The molecule has 2 rings (SSSR count). The van der Waals surface area contributed by atoms with E-state index in [1.807, 2.05) is 13.8 Å². The molecular weight excluding hydrogens is 276 g/mol. The third-order valence-electron chi connectivity index (χ3n) is 3.94. The lowest BCUT2D eigenvalue weighted by Gasteiger charge is -2.27. The van der Waals surface area contributed by atoms with E-state index in [9.17, 15) is 8.42 Å². The standard InChI is InChI=1S/C13H24N4O2S/c1-11(2)13(10-17-14-8-9-15-17)16-20(18,19)12-6-4-3-5-7-12/h8-9,11-13,16H,3-7,10H2,1-2H3. The van der Waals surface area contributed by atoms with Crippen LogP contribution in [0.1, 0.15) is 46.0 Å². The van der Waals surface area contributed by atoms with Crippen molar-refractivity contribution in [3.05, 3.63) is 12.4 Å². The van der Waals surface area contributed by atoms with Crippen molar-refractivity contribution < 1.29 is 8.42 Å². The molecule has 0 aliphatic heterocycles. The Morgan fingerprint density at radius 2 is 1.80 bits per heavy atom. The first kappa shape index (κ1) is 15.4. The Kier molecular flexibility index (Phi) is 5.15. The number of nitrogens with one attached hydrogen (secondary N) is 1. The molecule has 0 saturated heterocycles. The predicted octanol–water partition coefficient (Wildman–Crippen LogP) is 1.55. The smallest absolute Gasteiger partial charge is 0.212 e. The maximum absolute atomic E-state index is 12.5. The van der Waals surface area contributed by atoms with Crippen LogP contribution in [0.15, 0.2) is 12.4 Å². The summed E-state index contributed by atoms with van der Waals surface area (Å²) >= 11 is 0. The van der Waals surface area contributed by atoms with Gasteiger partial charge in [0.25, 0.3) is 0 Å². The normalized spacial score (nSPS) is 19.4. The van der Waals surface area contributed by atoms with Gasteiger partial charge in [-0.15, -0.1) is 0 Å². The molecule has 1 aliphatic rings. The van der Waals surface area contributed by atoms with Gasteiger partial charge >= 0.3 is 0 Å². The van der Waals surface area contributed by atoms with Gasteiger partial charge < -0.3 is 0 Å². The molecule has 1 aliphatic carbocycles. The summed E-state index contributed by atoms with van der Waals surface area (Å²) in [5, 5.41) is 7.87. The molecule has 7 heteroatoms. The van der Waals surface area contributed by atoms with Crippen LogP contribution in [0.25, 0.3) is 0 Å². The number of hydrogen-bond acceptors (Lipinski definition) is 4. The van der Waals surface area contributed by atoms with Crippen LogP contribution < -0.4 is 4.72 Å². The average Bonchev–Trinajstić information content (AvgIpc) is 2.91. The van der Waals surface area contributed by atoms with Gasteiger partial charge in [0.15, 0.2) is 0 Å². The molecule has 0 amide bonds. The molecule has 114 valence electrons. The monoisotopic (exact) mass is 300 g/mol. The lowest BCUT2D eigenvalue weighted by Crippen LogP contribution is -2.46. The zero-order valence-electron chi connectivity index (χ0n) is 12.2. The van der Waals surface area contributed by atoms with Gasteiger partial charge in [-0.1, -0.05) is 33.1 Å². The molecular formula is C13H24N4O2S. The highest BCUT2D eigenvalue weighted by atomic mass is 32.2. The van der Waals surface area contributed by atoms with Gasteiger partial charge in [0.2, 0.25) is 10.0 Å². The quantitative estimate of drug-likeness (QED) is 0.865. The van der Waals surface area contributed by atoms with Crippen molar-refractivity contribution in [2.45, 2.75) is 63.8 Å². The molecule has 1 saturated carbocycles. The van der Waals surface area contributed by atoms with Crippen LogP contribution in [0.5, 0.6) is 0 Å². The Morgan fingerprint density at radius 1 is 1.20 bits per heavy atom. The molecule has 1 heterocycles. The number of rotatable bonds is 6. The van der Waals surface area contributed by atoms with Crippen LogP contribution in [0.3, 0.4) is 0 Å². The Morgan fingerprint density at radius 3 is 2.35 bits per heavy atom. The molecule has 0 radical (unpaired) electrons. The highest BCUT2D eigenvalue weighted by molar-refractivity contribution is 7.90. The third-order valence-corrected chi connectivity index (χ3v) is 5.92. The van der Waals surface area contributed by atoms with Crippen LogP contribution in [0, 0.1) is 5.92 Å². The highest BCUT2D eigenvalue weighted by Crippen LogP contribution is 2.23. The first-order valence-corrected chi connectivity index (χ1v) is 8.89. The first-order valence-electron chi connectivity index (χ1n) is 7.34. The molecule has 1 N–H and O–H groups in total. The lowest BCUT2D eigenvalue weighted by molar-refractivity contribution is 0.357. The lowest BCUT2D eigenvalue weighted by atomic mass is 10.0. The Hall–Kier alpha value is -0.950. The van der Waals surface area contributed by atoms with Crippen molar-refractivity contribution in [2.24, 2.45) is 5.92 Å². The zero-order chi connectivity index (χ0) is 14.6. The minimum Gasteiger partial charge on any atom is -0.212 e. The molecule has 6 nitrogen and oxygen atoms in total. The Labute approximate surface area is 121 Å². The van der Waals surface area contributed by atoms with Crippen molar-refractivity contribution in [1.82, 2.24) is 19.7 Å². The van der Waals surface area contributed by atoms with E-state index in [0.717, 1.165) is 32.1 Å². The SMILES string of the molecule is CC(C)C(Cn1nccn1)NS(=O)(=O)C1CCCCC1. The van der Waals surface area contributed by atoms with Gasteiger partial charge in [0.1, 0.15) is 0 Å². The van der Waals surface area contributed by atoms with Crippen molar-refractivity contribution >= 4 is 10.0 Å². The molecule has 0 spiro atoms. The summed E-state index contributed by atoms with van der Waals surface area (Å²) in [7, 11) is -3.25. The summed E-state index contributed by atoms with van der Waals surface area (Å²) in [6, 6.07) is -0.172. The topological polar surface area (TPSA) is 76.9 Å². The molecule has 1 atom stereocenters. The van der Waals surface area contributed by atoms with Crippen LogP contribution >= 0.6 is 0 Å². The van der Waals surface area contributed by atoms with Crippen molar-refractivity contribution in [1.29, 1.82) is 0 Å². The number of hydrogen-bond donors (Lipinski definition) is 1. The van der Waals surface area contributed by atoms with Gasteiger partial charge in [0.05, 0.1) is 24.2 Å². The van der Waals surface area contributed by atoms with E-state index < -0.39 is 10.0 Å². The summed E-state index contributed by atoms with van der Waals surface area (Å²) in [5.74, 6) is 0.194. The van der Waals surface area contributed by atoms with Crippen LogP contribution in [-0.4, -0.2) is 34.7 Å². The van der Waals surface area contributed by atoms with Gasteiger partial charge in [-0.05, 0) is 18.8 Å². The second kappa shape index (κ2) is 6.67. The largest absolute Gasteiger partial charge is 0.214 e. The van der Waals surface area contributed by atoms with E-state index in [4.69, 9.17) is 0 Å². The number of aromatic nitrogens is 3. The van der Waals surface area contributed by atoms with E-state index in [-0.39, 0.29) is 17.2 Å². The van der Waals surface area contributed by atoms with Gasteiger partial charge in [0, 0.05) is 6.04 Å². The van der Waals surface area contributed by atoms with E-state index in [1.165, 1.54) is 4.80 Å². The fraction of sp³-hybridized carbons (Fsp3) is 0.846. The second-order valence-electron chi connectivity index (χ2n) is 5.86. The van der Waals surface area contributed by atoms with Crippen molar-refractivity contribution in [2.75, 3.05) is 0 Å². The molecule has 1 aromatic heterocycles. The van der Waals surface area contributed by atoms with Crippen molar-refractivity contribution in [3.63, 3.8) is 0 Å². The van der Waals surface area contributed by atoms with Crippen molar-refractivity contribution in [3.8, 4) is 0 Å². The van der Waals surface area contributed by atoms with Crippen LogP contribution in [0.2, 0.25) is 0 Å². The fourth-order valence-corrected chi connectivity index (χ4v) is 4.50. The fourth-order valence-electron chi connectivity index (χ4n) is 2.58. The van der Waals surface area contributed by atoms with Gasteiger partial charge in [-0.2, -0.15) is 15.0 Å². The second-order valence-corrected chi connectivity index (χ2v) is 7.85. The summed E-state index contributed by atoms with van der Waals surface area (Å²) < 4.78 is 27.8. The highest BCUT2D eigenvalue weighted by Gasteiger charge is 2.30. The maximum atomic E-state index is 12.5. The molecule has 20 heavy (non-hydrogen) atoms. The van der Waals surface area contributed by atoms with E-state index in [1.54, 1.807) is 12.4 Å². The zero-order valence-corrected chi connectivity index (χ0v) is 13.0. The minimum atomic E-state index is -3.25. The molecule has 1 fully saturated rings. The van der Waals surface area contributed by atoms with Crippen LogP contribution in [-0.2, 0) is 16.6 Å². The van der Waals surface area contributed by atoms with Crippen LogP contribution in [0.4, 0.5) is 0 Å². The van der Waals surface area contributed by atoms with E-state index in [2.05, 4.69) is 14.9 Å². The number of nitrogens with zero attached hydrogens (tertiary/aromatic N) is 3. The Balaban J connectivity index is 2.03.